The third kappa shape index (κ3) is 4.07. The molecule has 118 valence electrons. The zero-order valence-corrected chi connectivity index (χ0v) is 14.1. The minimum atomic E-state index is -0.612. The molecule has 0 saturated heterocycles. The van der Waals surface area contributed by atoms with E-state index in [1.54, 1.807) is 49.4 Å². The van der Waals surface area contributed by atoms with Crippen LogP contribution in [0.25, 0.3) is 0 Å². The average Bonchev–Trinajstić information content (AvgIpc) is 2.56. The van der Waals surface area contributed by atoms with Crippen molar-refractivity contribution in [2.24, 2.45) is 0 Å². The van der Waals surface area contributed by atoms with Crippen molar-refractivity contribution in [3.05, 3.63) is 70.7 Å². The van der Waals surface area contributed by atoms with Crippen molar-refractivity contribution in [1.29, 1.82) is 0 Å². The Morgan fingerprint density at radius 3 is 2.48 bits per heavy atom. The predicted molar refractivity (Wildman–Crippen MR) is 91.0 cm³/mol. The Balaban J connectivity index is 2.46. The van der Waals surface area contributed by atoms with Gasteiger partial charge in [-0.15, -0.1) is 0 Å². The van der Waals surface area contributed by atoms with Gasteiger partial charge in [-0.25, -0.2) is 4.79 Å². The normalized spacial score (nSPS) is 10.0. The number of hydrogen-bond donors (Lipinski definition) is 0. The molecule has 2 aromatic rings. The lowest BCUT2D eigenvalue weighted by Gasteiger charge is -2.13. The third-order valence-electron chi connectivity index (χ3n) is 3.00. The highest BCUT2D eigenvalue weighted by molar-refractivity contribution is 9.10. The van der Waals surface area contributed by atoms with Crippen LogP contribution in [0.4, 0.5) is 0 Å². The maximum Gasteiger partial charge on any atom is 0.335 e. The summed E-state index contributed by atoms with van der Waals surface area (Å²) in [5.74, 6) is -0.380. The Kier molecular flexibility index (Phi) is 5.71. The maximum atomic E-state index is 12.7. The number of carbonyl (C=O) groups is 2. The minimum Gasteiger partial charge on any atom is -0.489 e. The van der Waals surface area contributed by atoms with E-state index in [0.717, 1.165) is 10.5 Å². The molecule has 0 saturated carbocycles. The third-order valence-corrected chi connectivity index (χ3v) is 3.52. The van der Waals surface area contributed by atoms with Gasteiger partial charge in [-0.2, -0.15) is 0 Å². The van der Waals surface area contributed by atoms with E-state index in [1.165, 1.54) is 0 Å². The monoisotopic (exact) mass is 374 g/mol. The molecule has 0 spiro atoms. The Morgan fingerprint density at radius 2 is 1.87 bits per heavy atom. The molecule has 2 rings (SSSR count). The maximum absolute atomic E-state index is 12.7. The molecule has 2 aromatic carbocycles. The minimum absolute atomic E-state index is 0.194. The molecule has 23 heavy (non-hydrogen) atoms. The molecule has 0 heterocycles. The number of ether oxygens (including phenoxy) is 2. The Hall–Kier alpha value is -2.40. The highest BCUT2D eigenvalue weighted by atomic mass is 79.9. The molecule has 0 fully saturated rings. The van der Waals surface area contributed by atoms with Crippen molar-refractivity contribution < 1.29 is 19.1 Å². The van der Waals surface area contributed by atoms with Gasteiger partial charge in [0.25, 0.3) is 0 Å². The fourth-order valence-electron chi connectivity index (χ4n) is 1.98. The highest BCUT2D eigenvalue weighted by Gasteiger charge is 2.19. The smallest absolute Gasteiger partial charge is 0.335 e. The van der Waals surface area contributed by atoms with Crippen LogP contribution in [-0.2, 0) is 4.79 Å². The average molecular weight is 375 g/mol. The van der Waals surface area contributed by atoms with E-state index < -0.39 is 5.97 Å². The van der Waals surface area contributed by atoms with Gasteiger partial charge in [0.1, 0.15) is 0 Å². The molecule has 0 aromatic heterocycles. The fraction of sp³-hybridized carbons (Fsp3) is 0.111. The van der Waals surface area contributed by atoms with Gasteiger partial charge in [-0.05, 0) is 43.3 Å². The zero-order chi connectivity index (χ0) is 16.8. The zero-order valence-electron chi connectivity index (χ0n) is 12.5. The summed E-state index contributed by atoms with van der Waals surface area (Å²) in [6.07, 6.45) is 1.05. The predicted octanol–water partition coefficient (Wildman–Crippen LogP) is 4.17. The van der Waals surface area contributed by atoms with Crippen LogP contribution in [0.15, 0.2) is 59.6 Å². The topological polar surface area (TPSA) is 52.6 Å². The van der Waals surface area contributed by atoms with Gasteiger partial charge < -0.3 is 9.47 Å². The number of benzene rings is 2. The van der Waals surface area contributed by atoms with E-state index >= 15 is 0 Å². The summed E-state index contributed by atoms with van der Waals surface area (Å²) in [4.78, 5) is 24.1. The van der Waals surface area contributed by atoms with E-state index in [-0.39, 0.29) is 17.3 Å². The highest BCUT2D eigenvalue weighted by Crippen LogP contribution is 2.33. The molecule has 5 heteroatoms. The van der Waals surface area contributed by atoms with Gasteiger partial charge in [-0.1, -0.05) is 28.6 Å². The first-order chi connectivity index (χ1) is 11.1. The summed E-state index contributed by atoms with van der Waals surface area (Å²) in [5.41, 5.74) is 0.852. The summed E-state index contributed by atoms with van der Waals surface area (Å²) >= 11 is 3.33. The van der Waals surface area contributed by atoms with Gasteiger partial charge in [0.15, 0.2) is 17.3 Å². The van der Waals surface area contributed by atoms with Crippen LogP contribution in [0.5, 0.6) is 11.5 Å². The number of carbonyl (C=O) groups excluding carboxylic acids is 2. The van der Waals surface area contributed by atoms with Crippen LogP contribution in [0.1, 0.15) is 22.8 Å². The van der Waals surface area contributed by atoms with Crippen molar-refractivity contribution >= 4 is 27.7 Å². The number of esters is 1. The first-order valence-corrected chi connectivity index (χ1v) is 7.76. The van der Waals surface area contributed by atoms with E-state index in [0.29, 0.717) is 17.7 Å². The van der Waals surface area contributed by atoms with Crippen molar-refractivity contribution in [3.8, 4) is 11.5 Å². The molecular formula is C18H15BrO4. The molecule has 0 N–H and O–H groups in total. The van der Waals surface area contributed by atoms with E-state index in [2.05, 4.69) is 22.5 Å². The molecule has 0 aliphatic rings. The van der Waals surface area contributed by atoms with Gasteiger partial charge in [0.2, 0.25) is 0 Å². The summed E-state index contributed by atoms with van der Waals surface area (Å²) in [7, 11) is 0. The second-order valence-electron chi connectivity index (χ2n) is 4.53. The largest absolute Gasteiger partial charge is 0.489 e. The lowest BCUT2D eigenvalue weighted by molar-refractivity contribution is -0.129. The Morgan fingerprint density at radius 1 is 1.17 bits per heavy atom. The Labute approximate surface area is 142 Å². The van der Waals surface area contributed by atoms with E-state index in [4.69, 9.17) is 9.47 Å². The van der Waals surface area contributed by atoms with Gasteiger partial charge in [0, 0.05) is 16.1 Å². The SMILES string of the molecule is C=CC(=O)Oc1cccc(C(=O)c2ccc(Br)cc2)c1OCC. The van der Waals surface area contributed by atoms with Crippen LogP contribution in [0, 0.1) is 0 Å². The van der Waals surface area contributed by atoms with Gasteiger partial charge in [0.05, 0.1) is 12.2 Å². The molecule has 0 amide bonds. The van der Waals surface area contributed by atoms with Crippen molar-refractivity contribution in [2.75, 3.05) is 6.61 Å². The number of halogens is 1. The molecule has 0 atom stereocenters. The van der Waals surface area contributed by atoms with E-state index in [9.17, 15) is 9.59 Å². The quantitative estimate of drug-likeness (QED) is 0.329. The molecule has 0 bridgehead atoms. The Bertz CT molecular complexity index is 735. The molecule has 4 nitrogen and oxygen atoms in total. The van der Waals surface area contributed by atoms with Crippen LogP contribution in [0.3, 0.4) is 0 Å². The van der Waals surface area contributed by atoms with Gasteiger partial charge >= 0.3 is 5.97 Å². The summed E-state index contributed by atoms with van der Waals surface area (Å²) in [6.45, 7) is 5.49. The second kappa shape index (κ2) is 7.74. The molecular weight excluding hydrogens is 360 g/mol. The lowest BCUT2D eigenvalue weighted by Crippen LogP contribution is -2.10. The van der Waals surface area contributed by atoms with Crippen LogP contribution < -0.4 is 9.47 Å². The summed E-state index contributed by atoms with van der Waals surface area (Å²) in [5, 5.41) is 0. The van der Waals surface area contributed by atoms with Crippen molar-refractivity contribution in [3.63, 3.8) is 0 Å². The van der Waals surface area contributed by atoms with Gasteiger partial charge in [-0.3, -0.25) is 4.79 Å². The number of hydrogen-bond acceptors (Lipinski definition) is 4. The summed E-state index contributed by atoms with van der Waals surface area (Å²) < 4.78 is 11.6. The molecule has 0 unspecified atom stereocenters. The first kappa shape index (κ1) is 17.0. The van der Waals surface area contributed by atoms with E-state index in [1.807, 2.05) is 0 Å². The van der Waals surface area contributed by atoms with Crippen molar-refractivity contribution in [2.45, 2.75) is 6.92 Å². The molecule has 0 radical (unpaired) electrons. The van der Waals surface area contributed by atoms with Crippen LogP contribution in [-0.4, -0.2) is 18.4 Å². The number of para-hydroxylation sites is 1. The van der Waals surface area contributed by atoms with Crippen LogP contribution in [0.2, 0.25) is 0 Å². The fourth-order valence-corrected chi connectivity index (χ4v) is 2.24. The first-order valence-electron chi connectivity index (χ1n) is 6.97. The second-order valence-corrected chi connectivity index (χ2v) is 5.44. The molecule has 0 aliphatic heterocycles. The standard InChI is InChI=1S/C18H15BrO4/c1-3-16(20)23-15-7-5-6-14(18(15)22-4-2)17(21)12-8-10-13(19)11-9-12/h3,5-11H,1,4H2,2H3. The number of ketones is 1. The molecule has 0 aliphatic carbocycles. The summed E-state index contributed by atoms with van der Waals surface area (Å²) in [6, 6.07) is 11.9. The number of rotatable bonds is 6. The van der Waals surface area contributed by atoms with Crippen LogP contribution >= 0.6 is 15.9 Å². The van der Waals surface area contributed by atoms with Crippen molar-refractivity contribution in [1.82, 2.24) is 0 Å². The lowest BCUT2D eigenvalue weighted by atomic mass is 10.0.